The van der Waals surface area contributed by atoms with Crippen LogP contribution >= 0.6 is 22.6 Å². The molecule has 2 aromatic rings. The Bertz CT molecular complexity index is 899. The number of carbonyl (C=O) groups is 2. The fourth-order valence-corrected chi connectivity index (χ4v) is 4.28. The van der Waals surface area contributed by atoms with Gasteiger partial charge >= 0.3 is 6.03 Å². The molecule has 1 aliphatic heterocycles. The number of aryl methyl sites for hydroxylation is 2. The number of nitrogens with zero attached hydrogens (tertiary/aromatic N) is 1. The number of ether oxygens (including phenoxy) is 1. The molecule has 3 atom stereocenters. The third kappa shape index (κ3) is 5.18. The average molecular weight is 524 g/mol. The predicted octanol–water partition coefficient (Wildman–Crippen LogP) is 5.04. The van der Waals surface area contributed by atoms with Gasteiger partial charge in [-0.25, -0.2) is 9.18 Å². The van der Waals surface area contributed by atoms with Gasteiger partial charge in [-0.15, -0.1) is 0 Å². The van der Waals surface area contributed by atoms with Crippen LogP contribution in [-0.2, 0) is 16.1 Å². The smallest absolute Gasteiger partial charge is 0.326 e. The standard InChI is InChI=1S/C23H26FIN2O3/c1-4-19-21(20(24)17-10-14(2)9-15(3)11-17)27(23(29)26-22(19)28)13-30-12-16-5-7-18(25)8-6-16/h5-11,19-21H,4,12-13H2,1-3H3,(H,26,28,29). The van der Waals surface area contributed by atoms with Gasteiger partial charge in [0.05, 0.1) is 18.6 Å². The number of carbonyl (C=O) groups excluding carboxylic acids is 2. The summed E-state index contributed by atoms with van der Waals surface area (Å²) in [6, 6.07) is 11.8. The van der Waals surface area contributed by atoms with Gasteiger partial charge in [-0.2, -0.15) is 0 Å². The number of urea groups is 1. The third-order valence-electron chi connectivity index (χ3n) is 5.31. The Hall–Kier alpha value is -2.00. The number of hydrogen-bond donors (Lipinski definition) is 1. The van der Waals surface area contributed by atoms with Crippen LogP contribution in [0.1, 0.15) is 41.8 Å². The summed E-state index contributed by atoms with van der Waals surface area (Å²) in [5.74, 6) is -1.09. The molecule has 3 rings (SSSR count). The van der Waals surface area contributed by atoms with Crippen molar-refractivity contribution < 1.29 is 18.7 Å². The van der Waals surface area contributed by atoms with Gasteiger partial charge in [0.1, 0.15) is 12.9 Å². The van der Waals surface area contributed by atoms with Crippen molar-refractivity contribution in [1.82, 2.24) is 10.2 Å². The number of nitrogens with one attached hydrogen (secondary N) is 1. The van der Waals surface area contributed by atoms with E-state index in [-0.39, 0.29) is 6.73 Å². The van der Waals surface area contributed by atoms with Crippen molar-refractivity contribution >= 4 is 34.5 Å². The highest BCUT2D eigenvalue weighted by Gasteiger charge is 2.45. The summed E-state index contributed by atoms with van der Waals surface area (Å²) in [5.41, 5.74) is 3.31. The minimum Gasteiger partial charge on any atom is -0.356 e. The average Bonchev–Trinajstić information content (AvgIpc) is 2.69. The molecule has 1 fully saturated rings. The lowest BCUT2D eigenvalue weighted by molar-refractivity contribution is -0.132. The molecule has 1 saturated heterocycles. The van der Waals surface area contributed by atoms with Crippen molar-refractivity contribution in [2.75, 3.05) is 6.73 Å². The van der Waals surface area contributed by atoms with Gasteiger partial charge in [-0.05, 0) is 66.1 Å². The Morgan fingerprint density at radius 2 is 1.77 bits per heavy atom. The van der Waals surface area contributed by atoms with Gasteiger partial charge in [0.2, 0.25) is 5.91 Å². The summed E-state index contributed by atoms with van der Waals surface area (Å²) >= 11 is 2.22. The lowest BCUT2D eigenvalue weighted by atomic mass is 9.86. The molecule has 0 aliphatic carbocycles. The van der Waals surface area contributed by atoms with E-state index in [1.54, 1.807) is 12.1 Å². The first-order valence-electron chi connectivity index (χ1n) is 9.96. The van der Waals surface area contributed by atoms with Gasteiger partial charge in [0.25, 0.3) is 0 Å². The van der Waals surface area contributed by atoms with Gasteiger partial charge in [0.15, 0.2) is 0 Å². The van der Waals surface area contributed by atoms with E-state index in [0.29, 0.717) is 18.6 Å². The Balaban J connectivity index is 1.82. The van der Waals surface area contributed by atoms with Crippen LogP contribution < -0.4 is 5.32 Å². The summed E-state index contributed by atoms with van der Waals surface area (Å²) in [6.07, 6.45) is -1.08. The quantitative estimate of drug-likeness (QED) is 0.517. The fraction of sp³-hybridized carbons (Fsp3) is 0.391. The van der Waals surface area contributed by atoms with Gasteiger partial charge in [-0.3, -0.25) is 15.0 Å². The van der Waals surface area contributed by atoms with E-state index >= 15 is 4.39 Å². The van der Waals surface area contributed by atoms with Crippen molar-refractivity contribution in [3.05, 3.63) is 68.3 Å². The Kier molecular flexibility index (Phi) is 7.46. The minimum atomic E-state index is -1.49. The van der Waals surface area contributed by atoms with Gasteiger partial charge in [-0.1, -0.05) is 48.4 Å². The largest absolute Gasteiger partial charge is 0.356 e. The van der Waals surface area contributed by atoms with Crippen LogP contribution in [-0.4, -0.2) is 29.6 Å². The van der Waals surface area contributed by atoms with Crippen LogP contribution in [0, 0.1) is 23.3 Å². The first kappa shape index (κ1) is 22.7. The topological polar surface area (TPSA) is 58.6 Å². The summed E-state index contributed by atoms with van der Waals surface area (Å²) in [4.78, 5) is 26.3. The second kappa shape index (κ2) is 9.87. The normalized spacial score (nSPS) is 20.2. The molecule has 7 heteroatoms. The van der Waals surface area contributed by atoms with Crippen molar-refractivity contribution in [3.8, 4) is 0 Å². The number of halogens is 2. The second-order valence-electron chi connectivity index (χ2n) is 7.70. The van der Waals surface area contributed by atoms with Crippen LogP contribution in [0.5, 0.6) is 0 Å². The van der Waals surface area contributed by atoms with Crippen molar-refractivity contribution in [1.29, 1.82) is 0 Å². The van der Waals surface area contributed by atoms with E-state index < -0.39 is 30.1 Å². The molecule has 3 unspecified atom stereocenters. The minimum absolute atomic E-state index is 0.0997. The van der Waals surface area contributed by atoms with E-state index in [9.17, 15) is 9.59 Å². The molecule has 2 aromatic carbocycles. The Morgan fingerprint density at radius 1 is 1.13 bits per heavy atom. The highest BCUT2D eigenvalue weighted by Crippen LogP contribution is 2.35. The maximum Gasteiger partial charge on any atom is 0.326 e. The number of hydrogen-bond acceptors (Lipinski definition) is 3. The zero-order chi connectivity index (χ0) is 21.8. The number of imide groups is 1. The van der Waals surface area contributed by atoms with E-state index in [2.05, 4.69) is 27.9 Å². The molecule has 160 valence electrons. The highest BCUT2D eigenvalue weighted by molar-refractivity contribution is 14.1. The molecule has 0 spiro atoms. The van der Waals surface area contributed by atoms with Crippen molar-refractivity contribution in [2.45, 2.75) is 46.0 Å². The van der Waals surface area contributed by atoms with Crippen LogP contribution in [0.15, 0.2) is 42.5 Å². The van der Waals surface area contributed by atoms with Crippen LogP contribution in [0.25, 0.3) is 0 Å². The highest BCUT2D eigenvalue weighted by atomic mass is 127. The maximum atomic E-state index is 15.8. The molecule has 0 bridgehead atoms. The number of benzene rings is 2. The Labute approximate surface area is 190 Å². The van der Waals surface area contributed by atoms with Crippen LogP contribution in [0.2, 0.25) is 0 Å². The molecule has 1 aliphatic rings. The molecular formula is C23H26FIN2O3. The number of alkyl halides is 1. The molecule has 3 amide bonds. The molecule has 0 saturated carbocycles. The molecule has 1 N–H and O–H groups in total. The SMILES string of the molecule is CCC1C(=O)NC(=O)N(COCc2ccc(I)cc2)C1C(F)c1cc(C)cc(C)c1. The van der Waals surface area contributed by atoms with E-state index in [4.69, 9.17) is 4.74 Å². The molecular weight excluding hydrogens is 498 g/mol. The van der Waals surface area contributed by atoms with Crippen LogP contribution in [0.3, 0.4) is 0 Å². The fourth-order valence-electron chi connectivity index (χ4n) is 3.92. The lowest BCUT2D eigenvalue weighted by Crippen LogP contribution is -2.61. The summed E-state index contributed by atoms with van der Waals surface area (Å²) in [7, 11) is 0. The van der Waals surface area contributed by atoms with Crippen LogP contribution in [0.4, 0.5) is 9.18 Å². The molecule has 30 heavy (non-hydrogen) atoms. The third-order valence-corrected chi connectivity index (χ3v) is 6.03. The number of amides is 3. The zero-order valence-corrected chi connectivity index (χ0v) is 19.5. The predicted molar refractivity (Wildman–Crippen MR) is 122 cm³/mol. The lowest BCUT2D eigenvalue weighted by Gasteiger charge is -2.41. The summed E-state index contributed by atoms with van der Waals surface area (Å²) in [6.45, 7) is 5.82. The van der Waals surface area contributed by atoms with Crippen molar-refractivity contribution in [2.24, 2.45) is 5.92 Å². The van der Waals surface area contributed by atoms with E-state index in [0.717, 1.165) is 20.3 Å². The number of rotatable bonds is 7. The maximum absolute atomic E-state index is 15.8. The van der Waals surface area contributed by atoms with E-state index in [1.165, 1.54) is 4.90 Å². The van der Waals surface area contributed by atoms with Crippen molar-refractivity contribution in [3.63, 3.8) is 0 Å². The molecule has 1 heterocycles. The second-order valence-corrected chi connectivity index (χ2v) is 8.94. The van der Waals surface area contributed by atoms with Gasteiger partial charge in [0, 0.05) is 3.57 Å². The molecule has 0 radical (unpaired) electrons. The first-order valence-corrected chi connectivity index (χ1v) is 11.0. The Morgan fingerprint density at radius 3 is 2.37 bits per heavy atom. The molecule has 5 nitrogen and oxygen atoms in total. The van der Waals surface area contributed by atoms with E-state index in [1.807, 2.05) is 51.1 Å². The summed E-state index contributed by atoms with van der Waals surface area (Å²) < 4.78 is 22.6. The summed E-state index contributed by atoms with van der Waals surface area (Å²) in [5, 5.41) is 2.35. The molecule has 0 aromatic heterocycles. The van der Waals surface area contributed by atoms with Gasteiger partial charge < -0.3 is 4.74 Å². The monoisotopic (exact) mass is 524 g/mol. The first-order chi connectivity index (χ1) is 14.3. The zero-order valence-electron chi connectivity index (χ0n) is 17.3.